The maximum Gasteiger partial charge on any atom is 0.224 e. The molecule has 2 aromatic rings. The zero-order chi connectivity index (χ0) is 17.8. The van der Waals surface area contributed by atoms with Crippen LogP contribution in [0.1, 0.15) is 30.7 Å². The molecule has 1 amide bonds. The standard InChI is InChI=1S/C19H27N5O/c1-15-6-4-8-18(21-15)23-12-5-7-17(14-23)22(3)19(25)10-13-24-16(2)9-11-20-24/h4,6,8-9,11,17H,5,7,10,12-14H2,1-3H3. The van der Waals surface area contributed by atoms with E-state index in [1.807, 2.05) is 48.7 Å². The normalized spacial score (nSPS) is 17.6. The molecule has 3 heterocycles. The Morgan fingerprint density at radius 1 is 1.32 bits per heavy atom. The minimum atomic E-state index is 0.180. The Hall–Kier alpha value is -2.37. The van der Waals surface area contributed by atoms with Crippen LogP contribution in [0.25, 0.3) is 0 Å². The molecule has 6 heteroatoms. The zero-order valence-electron chi connectivity index (χ0n) is 15.4. The lowest BCUT2D eigenvalue weighted by molar-refractivity contribution is -0.132. The summed E-state index contributed by atoms with van der Waals surface area (Å²) in [5.74, 6) is 1.19. The summed E-state index contributed by atoms with van der Waals surface area (Å²) in [5.41, 5.74) is 2.11. The second kappa shape index (κ2) is 7.68. The number of pyridine rings is 1. The van der Waals surface area contributed by atoms with Gasteiger partial charge in [-0.25, -0.2) is 4.98 Å². The van der Waals surface area contributed by atoms with Crippen molar-refractivity contribution in [3.8, 4) is 0 Å². The van der Waals surface area contributed by atoms with Crippen LogP contribution in [0.15, 0.2) is 30.5 Å². The molecule has 0 saturated carbocycles. The number of aryl methyl sites for hydroxylation is 3. The van der Waals surface area contributed by atoms with E-state index in [0.717, 1.165) is 43.1 Å². The third-order valence-corrected chi connectivity index (χ3v) is 5.00. The zero-order valence-corrected chi connectivity index (χ0v) is 15.4. The number of rotatable bonds is 5. The molecule has 0 radical (unpaired) electrons. The first-order chi connectivity index (χ1) is 12.0. The largest absolute Gasteiger partial charge is 0.355 e. The highest BCUT2D eigenvalue weighted by molar-refractivity contribution is 5.76. The second-order valence-corrected chi connectivity index (χ2v) is 6.83. The van der Waals surface area contributed by atoms with Gasteiger partial charge in [0.15, 0.2) is 0 Å². The number of hydrogen-bond donors (Lipinski definition) is 0. The van der Waals surface area contributed by atoms with E-state index in [0.29, 0.717) is 13.0 Å². The van der Waals surface area contributed by atoms with Gasteiger partial charge in [-0.05, 0) is 44.9 Å². The highest BCUT2D eigenvalue weighted by Gasteiger charge is 2.26. The molecule has 0 bridgehead atoms. The van der Waals surface area contributed by atoms with Gasteiger partial charge < -0.3 is 9.80 Å². The van der Waals surface area contributed by atoms with Gasteiger partial charge in [-0.15, -0.1) is 0 Å². The van der Waals surface area contributed by atoms with E-state index < -0.39 is 0 Å². The molecule has 25 heavy (non-hydrogen) atoms. The molecular weight excluding hydrogens is 314 g/mol. The van der Waals surface area contributed by atoms with Crippen molar-refractivity contribution >= 4 is 11.7 Å². The quantitative estimate of drug-likeness (QED) is 0.838. The average Bonchev–Trinajstić information content (AvgIpc) is 3.04. The van der Waals surface area contributed by atoms with Crippen LogP contribution in [0.2, 0.25) is 0 Å². The van der Waals surface area contributed by atoms with E-state index in [-0.39, 0.29) is 11.9 Å². The number of aromatic nitrogens is 3. The van der Waals surface area contributed by atoms with Crippen LogP contribution in [0.3, 0.4) is 0 Å². The summed E-state index contributed by atoms with van der Waals surface area (Å²) >= 11 is 0. The summed E-state index contributed by atoms with van der Waals surface area (Å²) in [5, 5.41) is 4.25. The first-order valence-electron chi connectivity index (χ1n) is 8.97. The molecule has 1 unspecified atom stereocenters. The van der Waals surface area contributed by atoms with E-state index in [1.165, 1.54) is 0 Å². The number of nitrogens with zero attached hydrogens (tertiary/aromatic N) is 5. The van der Waals surface area contributed by atoms with Crippen LogP contribution < -0.4 is 4.90 Å². The molecule has 1 aliphatic rings. The minimum Gasteiger partial charge on any atom is -0.355 e. The molecule has 1 fully saturated rings. The number of carbonyl (C=O) groups is 1. The van der Waals surface area contributed by atoms with Crippen LogP contribution in [0.5, 0.6) is 0 Å². The molecule has 2 aromatic heterocycles. The number of amides is 1. The van der Waals surface area contributed by atoms with Crippen LogP contribution in [0.4, 0.5) is 5.82 Å². The van der Waals surface area contributed by atoms with E-state index in [1.54, 1.807) is 6.20 Å². The topological polar surface area (TPSA) is 54.3 Å². The SMILES string of the molecule is Cc1cccc(N2CCCC(N(C)C(=O)CCn3nccc3C)C2)n1. The van der Waals surface area contributed by atoms with E-state index in [2.05, 4.69) is 21.0 Å². The Morgan fingerprint density at radius 3 is 2.88 bits per heavy atom. The Labute approximate surface area is 149 Å². The molecule has 0 aromatic carbocycles. The monoisotopic (exact) mass is 341 g/mol. The fourth-order valence-electron chi connectivity index (χ4n) is 3.40. The van der Waals surface area contributed by atoms with E-state index >= 15 is 0 Å². The fraction of sp³-hybridized carbons (Fsp3) is 0.526. The molecule has 0 aliphatic carbocycles. The summed E-state index contributed by atoms with van der Waals surface area (Å²) in [7, 11) is 1.93. The van der Waals surface area contributed by atoms with Gasteiger partial charge >= 0.3 is 0 Å². The predicted octanol–water partition coefficient (Wildman–Crippen LogP) is 2.41. The Balaban J connectivity index is 1.58. The first-order valence-corrected chi connectivity index (χ1v) is 8.97. The van der Waals surface area contributed by atoms with Gasteiger partial charge in [0, 0.05) is 56.7 Å². The first kappa shape index (κ1) is 17.5. The molecule has 0 spiro atoms. The third-order valence-electron chi connectivity index (χ3n) is 5.00. The van der Waals surface area contributed by atoms with Crippen molar-refractivity contribution in [2.45, 2.75) is 45.7 Å². The Kier molecular flexibility index (Phi) is 5.36. The highest BCUT2D eigenvalue weighted by atomic mass is 16.2. The summed E-state index contributed by atoms with van der Waals surface area (Å²) in [6.07, 6.45) is 4.39. The summed E-state index contributed by atoms with van der Waals surface area (Å²) in [6, 6.07) is 8.31. The maximum absolute atomic E-state index is 12.6. The molecule has 0 N–H and O–H groups in total. The van der Waals surface area contributed by atoms with Gasteiger partial charge in [0.05, 0.1) is 0 Å². The van der Waals surface area contributed by atoms with Crippen molar-refractivity contribution < 1.29 is 4.79 Å². The summed E-state index contributed by atoms with van der Waals surface area (Å²) in [6.45, 7) is 6.51. The van der Waals surface area contributed by atoms with Crippen molar-refractivity contribution in [2.75, 3.05) is 25.0 Å². The summed E-state index contributed by atoms with van der Waals surface area (Å²) in [4.78, 5) is 21.4. The number of likely N-dealkylation sites (N-methyl/N-ethyl adjacent to an activating group) is 1. The van der Waals surface area contributed by atoms with Gasteiger partial charge in [-0.2, -0.15) is 5.10 Å². The fourth-order valence-corrected chi connectivity index (χ4v) is 3.40. The molecule has 1 saturated heterocycles. The van der Waals surface area contributed by atoms with Gasteiger partial charge in [0.2, 0.25) is 5.91 Å². The summed E-state index contributed by atoms with van der Waals surface area (Å²) < 4.78 is 1.88. The van der Waals surface area contributed by atoms with Crippen molar-refractivity contribution in [1.82, 2.24) is 19.7 Å². The lowest BCUT2D eigenvalue weighted by Gasteiger charge is -2.38. The molecular formula is C19H27N5O. The predicted molar refractivity (Wildman–Crippen MR) is 98.6 cm³/mol. The van der Waals surface area contributed by atoms with Crippen LogP contribution in [-0.4, -0.2) is 51.8 Å². The van der Waals surface area contributed by atoms with Crippen molar-refractivity contribution in [3.05, 3.63) is 41.9 Å². The average molecular weight is 341 g/mol. The Bertz CT molecular complexity index is 726. The number of carbonyl (C=O) groups excluding carboxylic acids is 1. The molecule has 3 rings (SSSR count). The van der Waals surface area contributed by atoms with E-state index in [4.69, 9.17) is 0 Å². The van der Waals surface area contributed by atoms with Crippen LogP contribution in [-0.2, 0) is 11.3 Å². The molecule has 1 aliphatic heterocycles. The highest BCUT2D eigenvalue weighted by Crippen LogP contribution is 2.21. The van der Waals surface area contributed by atoms with Crippen LogP contribution >= 0.6 is 0 Å². The van der Waals surface area contributed by atoms with Gasteiger partial charge in [0.25, 0.3) is 0 Å². The smallest absolute Gasteiger partial charge is 0.224 e. The lowest BCUT2D eigenvalue weighted by atomic mass is 10.0. The molecule has 6 nitrogen and oxygen atoms in total. The number of piperidine rings is 1. The second-order valence-electron chi connectivity index (χ2n) is 6.83. The number of hydrogen-bond acceptors (Lipinski definition) is 4. The third kappa shape index (κ3) is 4.18. The lowest BCUT2D eigenvalue weighted by Crippen LogP contribution is -2.49. The van der Waals surface area contributed by atoms with Gasteiger partial charge in [-0.3, -0.25) is 9.48 Å². The van der Waals surface area contributed by atoms with Crippen LogP contribution in [0, 0.1) is 13.8 Å². The Morgan fingerprint density at radius 2 is 2.16 bits per heavy atom. The van der Waals surface area contributed by atoms with Crippen molar-refractivity contribution in [2.24, 2.45) is 0 Å². The molecule has 1 atom stereocenters. The van der Waals surface area contributed by atoms with E-state index in [9.17, 15) is 4.79 Å². The minimum absolute atomic E-state index is 0.180. The number of anilines is 1. The van der Waals surface area contributed by atoms with Crippen molar-refractivity contribution in [1.29, 1.82) is 0 Å². The van der Waals surface area contributed by atoms with Crippen molar-refractivity contribution in [3.63, 3.8) is 0 Å². The maximum atomic E-state index is 12.6. The molecule has 134 valence electrons. The van der Waals surface area contributed by atoms with Gasteiger partial charge in [-0.1, -0.05) is 6.07 Å². The van der Waals surface area contributed by atoms with Gasteiger partial charge in [0.1, 0.15) is 5.82 Å².